The lowest BCUT2D eigenvalue weighted by atomic mass is 10.2. The highest BCUT2D eigenvalue weighted by Crippen LogP contribution is 2.12. The van der Waals surface area contributed by atoms with E-state index in [1.54, 1.807) is 12.5 Å². The summed E-state index contributed by atoms with van der Waals surface area (Å²) < 4.78 is 8.17. The Balaban J connectivity index is 1.52. The predicted octanol–water partition coefficient (Wildman–Crippen LogP) is 3.77. The second-order valence-corrected chi connectivity index (χ2v) is 6.26. The van der Waals surface area contributed by atoms with Crippen molar-refractivity contribution in [1.29, 1.82) is 0 Å². The zero-order valence-electron chi connectivity index (χ0n) is 12.2. The lowest BCUT2D eigenvalue weighted by Gasteiger charge is -2.07. The summed E-state index contributed by atoms with van der Waals surface area (Å²) in [5, 5.41) is 11.1. The fraction of sp³-hybridized carbons (Fsp3) is 0.125. The van der Waals surface area contributed by atoms with Crippen molar-refractivity contribution in [2.45, 2.75) is 13.1 Å². The molecule has 0 saturated heterocycles. The first-order chi connectivity index (χ1) is 11.2. The van der Waals surface area contributed by atoms with Crippen LogP contribution in [0, 0.1) is 0 Å². The highest BCUT2D eigenvalue weighted by Gasteiger charge is 2.03. The summed E-state index contributed by atoms with van der Waals surface area (Å²) >= 11 is 8.69. The lowest BCUT2D eigenvalue weighted by Crippen LogP contribution is -2.27. The van der Waals surface area contributed by atoms with Crippen LogP contribution in [-0.2, 0) is 13.1 Å². The van der Waals surface area contributed by atoms with Gasteiger partial charge in [-0.3, -0.25) is 4.68 Å². The van der Waals surface area contributed by atoms with E-state index in [9.17, 15) is 0 Å². The quantitative estimate of drug-likeness (QED) is 0.649. The summed E-state index contributed by atoms with van der Waals surface area (Å²) in [6.45, 7) is 1.26. The van der Waals surface area contributed by atoms with Crippen LogP contribution in [0.1, 0.15) is 11.3 Å². The van der Waals surface area contributed by atoms with Gasteiger partial charge in [-0.05, 0) is 42.0 Å². The Hall–Kier alpha value is -2.12. The molecule has 0 aliphatic carbocycles. The molecule has 0 spiro atoms. The van der Waals surface area contributed by atoms with Crippen molar-refractivity contribution in [3.8, 4) is 0 Å². The van der Waals surface area contributed by atoms with E-state index in [1.807, 2.05) is 35.1 Å². The molecule has 2 aromatic heterocycles. The third-order valence-corrected chi connectivity index (χ3v) is 3.93. The number of nitrogens with one attached hydrogen (secondary N) is 2. The van der Waals surface area contributed by atoms with E-state index < -0.39 is 0 Å². The van der Waals surface area contributed by atoms with Crippen molar-refractivity contribution in [1.82, 2.24) is 15.1 Å². The number of rotatable bonds is 5. The molecule has 5 nitrogen and oxygen atoms in total. The predicted molar refractivity (Wildman–Crippen MR) is 97.2 cm³/mol. The van der Waals surface area contributed by atoms with Gasteiger partial charge in [-0.25, -0.2) is 0 Å². The van der Waals surface area contributed by atoms with Crippen molar-refractivity contribution >= 4 is 38.9 Å². The molecule has 2 N–H and O–H groups in total. The Morgan fingerprint density at radius 2 is 2.09 bits per heavy atom. The Kier molecular flexibility index (Phi) is 5.09. The number of anilines is 1. The number of hydrogen-bond donors (Lipinski definition) is 2. The van der Waals surface area contributed by atoms with E-state index in [0.717, 1.165) is 15.9 Å². The number of hydrogen-bond acceptors (Lipinski definition) is 3. The van der Waals surface area contributed by atoms with E-state index in [0.29, 0.717) is 18.2 Å². The highest BCUT2D eigenvalue weighted by molar-refractivity contribution is 9.10. The standard InChI is InChI=1S/C16H15BrN4OS/c17-13-5-3-12(4-6-13)10-21-11-14(8-19-21)20-16(23)18-9-15-2-1-7-22-15/h1-8,11H,9-10H2,(H2,18,20,23). The summed E-state index contributed by atoms with van der Waals surface area (Å²) in [4.78, 5) is 0. The molecule has 23 heavy (non-hydrogen) atoms. The Labute approximate surface area is 147 Å². The summed E-state index contributed by atoms with van der Waals surface area (Å²) in [5.74, 6) is 0.833. The monoisotopic (exact) mass is 390 g/mol. The van der Waals surface area contributed by atoms with E-state index in [2.05, 4.69) is 43.8 Å². The van der Waals surface area contributed by atoms with Crippen molar-refractivity contribution in [3.63, 3.8) is 0 Å². The minimum atomic E-state index is 0.532. The largest absolute Gasteiger partial charge is 0.467 e. The minimum absolute atomic E-state index is 0.532. The highest BCUT2D eigenvalue weighted by atomic mass is 79.9. The maximum atomic E-state index is 5.26. The molecular weight excluding hydrogens is 376 g/mol. The second-order valence-electron chi connectivity index (χ2n) is 4.94. The third-order valence-electron chi connectivity index (χ3n) is 3.15. The van der Waals surface area contributed by atoms with Crippen LogP contribution in [-0.4, -0.2) is 14.9 Å². The number of furan rings is 1. The van der Waals surface area contributed by atoms with Gasteiger partial charge in [-0.15, -0.1) is 0 Å². The summed E-state index contributed by atoms with van der Waals surface area (Å²) in [6.07, 6.45) is 5.31. The van der Waals surface area contributed by atoms with Gasteiger partial charge < -0.3 is 15.1 Å². The lowest BCUT2D eigenvalue weighted by molar-refractivity contribution is 0.503. The normalized spacial score (nSPS) is 10.5. The maximum Gasteiger partial charge on any atom is 0.171 e. The first kappa shape index (κ1) is 15.8. The van der Waals surface area contributed by atoms with Gasteiger partial charge in [0.2, 0.25) is 0 Å². The molecule has 1 aromatic carbocycles. The van der Waals surface area contributed by atoms with Gasteiger partial charge >= 0.3 is 0 Å². The Morgan fingerprint density at radius 3 is 2.83 bits per heavy atom. The zero-order chi connectivity index (χ0) is 16.1. The molecule has 0 amide bonds. The van der Waals surface area contributed by atoms with Crippen LogP contribution >= 0.6 is 28.1 Å². The molecule has 3 rings (SSSR count). The van der Waals surface area contributed by atoms with Gasteiger partial charge in [0.15, 0.2) is 5.11 Å². The molecule has 0 aliphatic heterocycles. The number of halogens is 1. The topological polar surface area (TPSA) is 55.0 Å². The van der Waals surface area contributed by atoms with Gasteiger partial charge in [0.1, 0.15) is 5.76 Å². The molecule has 0 radical (unpaired) electrons. The van der Waals surface area contributed by atoms with Crippen molar-refractivity contribution in [2.24, 2.45) is 0 Å². The summed E-state index contributed by atoms with van der Waals surface area (Å²) in [7, 11) is 0. The molecule has 2 heterocycles. The average Bonchev–Trinajstić information content (AvgIpc) is 3.20. The number of thiocarbonyl (C=S) groups is 1. The fourth-order valence-corrected chi connectivity index (χ4v) is 2.50. The van der Waals surface area contributed by atoms with Crippen LogP contribution < -0.4 is 10.6 Å². The molecule has 0 saturated carbocycles. The van der Waals surface area contributed by atoms with E-state index >= 15 is 0 Å². The first-order valence-electron chi connectivity index (χ1n) is 7.03. The number of benzene rings is 1. The smallest absolute Gasteiger partial charge is 0.171 e. The Bertz CT molecular complexity index is 768. The molecule has 0 unspecified atom stereocenters. The Morgan fingerprint density at radius 1 is 1.26 bits per heavy atom. The fourth-order valence-electron chi connectivity index (χ4n) is 2.05. The van der Waals surface area contributed by atoms with E-state index in [4.69, 9.17) is 16.6 Å². The SMILES string of the molecule is S=C(NCc1ccco1)Nc1cnn(Cc2ccc(Br)cc2)c1. The average molecular weight is 391 g/mol. The van der Waals surface area contributed by atoms with Crippen LogP contribution in [0.15, 0.2) is 63.9 Å². The van der Waals surface area contributed by atoms with Crippen molar-refractivity contribution in [2.75, 3.05) is 5.32 Å². The minimum Gasteiger partial charge on any atom is -0.467 e. The molecule has 7 heteroatoms. The van der Waals surface area contributed by atoms with Gasteiger partial charge in [0.25, 0.3) is 0 Å². The number of aromatic nitrogens is 2. The van der Waals surface area contributed by atoms with Crippen LogP contribution in [0.3, 0.4) is 0 Å². The van der Waals surface area contributed by atoms with E-state index in [-0.39, 0.29) is 0 Å². The summed E-state index contributed by atoms with van der Waals surface area (Å²) in [5.41, 5.74) is 2.03. The van der Waals surface area contributed by atoms with Gasteiger partial charge in [0, 0.05) is 10.7 Å². The maximum absolute atomic E-state index is 5.26. The van der Waals surface area contributed by atoms with Gasteiger partial charge in [0.05, 0.1) is 31.2 Å². The second kappa shape index (κ2) is 7.43. The molecule has 3 aromatic rings. The van der Waals surface area contributed by atoms with Crippen LogP contribution in [0.4, 0.5) is 5.69 Å². The van der Waals surface area contributed by atoms with Gasteiger partial charge in [-0.2, -0.15) is 5.10 Å². The molecule has 0 fully saturated rings. The van der Waals surface area contributed by atoms with Gasteiger partial charge in [-0.1, -0.05) is 28.1 Å². The molecule has 118 valence electrons. The molecular formula is C16H15BrN4OS. The van der Waals surface area contributed by atoms with Crippen LogP contribution in [0.25, 0.3) is 0 Å². The third kappa shape index (κ3) is 4.67. The number of nitrogens with zero attached hydrogens (tertiary/aromatic N) is 2. The zero-order valence-corrected chi connectivity index (χ0v) is 14.6. The van der Waals surface area contributed by atoms with Crippen LogP contribution in [0.5, 0.6) is 0 Å². The van der Waals surface area contributed by atoms with E-state index in [1.165, 1.54) is 5.56 Å². The molecule has 0 aliphatic rings. The molecule has 0 atom stereocenters. The molecule has 0 bridgehead atoms. The van der Waals surface area contributed by atoms with Crippen molar-refractivity contribution in [3.05, 3.63) is 70.9 Å². The van der Waals surface area contributed by atoms with Crippen LogP contribution in [0.2, 0.25) is 0 Å². The van der Waals surface area contributed by atoms with Crippen molar-refractivity contribution < 1.29 is 4.42 Å². The first-order valence-corrected chi connectivity index (χ1v) is 8.23. The summed E-state index contributed by atoms with van der Waals surface area (Å²) in [6, 6.07) is 11.9.